The molecule has 0 radical (unpaired) electrons. The summed E-state index contributed by atoms with van der Waals surface area (Å²) < 4.78 is 0. The van der Waals surface area contributed by atoms with Crippen LogP contribution in [0.5, 0.6) is 0 Å². The summed E-state index contributed by atoms with van der Waals surface area (Å²) in [7, 11) is 2.22. The predicted octanol–water partition coefficient (Wildman–Crippen LogP) is 3.84. The van der Waals surface area contributed by atoms with Gasteiger partial charge in [0.25, 0.3) is 0 Å². The van der Waals surface area contributed by atoms with E-state index in [4.69, 9.17) is 0 Å². The Morgan fingerprint density at radius 3 is 2.13 bits per heavy atom. The van der Waals surface area contributed by atoms with Gasteiger partial charge in [0.2, 0.25) is 0 Å². The molecule has 0 N–H and O–H groups in total. The molecule has 0 bridgehead atoms. The summed E-state index contributed by atoms with van der Waals surface area (Å²) in [5.41, 5.74) is 2.96. The number of hydrogen-bond donors (Lipinski definition) is 0. The van der Waals surface area contributed by atoms with Crippen molar-refractivity contribution >= 4 is 5.69 Å². The Balaban J connectivity index is 2.05. The van der Waals surface area contributed by atoms with Crippen molar-refractivity contribution in [2.24, 2.45) is 0 Å². The highest BCUT2D eigenvalue weighted by molar-refractivity contribution is 5.54. The fourth-order valence-corrected chi connectivity index (χ4v) is 3.27. The van der Waals surface area contributed by atoms with Crippen LogP contribution in [0.4, 0.5) is 5.69 Å². The number of anilines is 1. The molecule has 0 atom stereocenters. The number of rotatable bonds is 9. The van der Waals surface area contributed by atoms with Crippen molar-refractivity contribution in [3.63, 3.8) is 0 Å². The minimum Gasteiger partial charge on any atom is -0.369 e. The van der Waals surface area contributed by atoms with Gasteiger partial charge in [0, 0.05) is 38.4 Å². The maximum absolute atomic E-state index is 2.65. The molecular weight excluding hydrogens is 282 g/mol. The van der Waals surface area contributed by atoms with Gasteiger partial charge in [-0.05, 0) is 44.6 Å². The molecule has 2 rings (SSSR count). The summed E-state index contributed by atoms with van der Waals surface area (Å²) in [6.45, 7) is 12.8. The molecular formula is C20H35N3. The minimum absolute atomic E-state index is 1.10. The molecule has 1 aromatic rings. The van der Waals surface area contributed by atoms with Gasteiger partial charge in [-0.25, -0.2) is 0 Å². The average Bonchev–Trinajstić information content (AvgIpc) is 2.58. The Hall–Kier alpha value is -1.06. The third-order valence-electron chi connectivity index (χ3n) is 4.89. The monoisotopic (exact) mass is 317 g/mol. The van der Waals surface area contributed by atoms with Crippen molar-refractivity contribution in [3.8, 4) is 0 Å². The summed E-state index contributed by atoms with van der Waals surface area (Å²) in [5.74, 6) is 0. The first-order valence-corrected chi connectivity index (χ1v) is 9.48. The van der Waals surface area contributed by atoms with Crippen molar-refractivity contribution in [2.45, 2.75) is 46.1 Å². The first-order chi connectivity index (χ1) is 11.2. The van der Waals surface area contributed by atoms with Crippen LogP contribution in [-0.4, -0.2) is 56.1 Å². The highest BCUT2D eigenvalue weighted by Crippen LogP contribution is 2.23. The molecule has 1 aromatic carbocycles. The normalized spacial score (nSPS) is 16.3. The summed E-state index contributed by atoms with van der Waals surface area (Å²) in [5, 5.41) is 0. The third-order valence-corrected chi connectivity index (χ3v) is 4.89. The molecule has 3 heteroatoms. The van der Waals surface area contributed by atoms with Crippen molar-refractivity contribution in [3.05, 3.63) is 29.8 Å². The second kappa shape index (κ2) is 9.94. The lowest BCUT2D eigenvalue weighted by molar-refractivity contribution is 0.256. The Kier molecular flexibility index (Phi) is 7.90. The van der Waals surface area contributed by atoms with Crippen molar-refractivity contribution in [1.82, 2.24) is 9.80 Å². The number of para-hydroxylation sites is 1. The topological polar surface area (TPSA) is 9.72 Å². The van der Waals surface area contributed by atoms with Gasteiger partial charge in [0.1, 0.15) is 0 Å². The first kappa shape index (κ1) is 18.3. The van der Waals surface area contributed by atoms with Gasteiger partial charge in [-0.2, -0.15) is 0 Å². The number of unbranched alkanes of at least 4 members (excludes halogenated alkanes) is 2. The van der Waals surface area contributed by atoms with Crippen LogP contribution >= 0.6 is 0 Å². The van der Waals surface area contributed by atoms with Crippen LogP contribution in [0.2, 0.25) is 0 Å². The molecule has 0 aliphatic carbocycles. The zero-order valence-electron chi connectivity index (χ0n) is 15.4. The number of nitrogens with zero attached hydrogens (tertiary/aromatic N) is 3. The highest BCUT2D eigenvalue weighted by Gasteiger charge is 2.17. The standard InChI is InChI=1S/C20H35N3/c1-4-6-12-22(13-7-5-2)18-19-10-8-9-11-20(19)23-16-14-21(3)15-17-23/h8-11H,4-7,12-18H2,1-3H3. The molecule has 1 aliphatic rings. The molecule has 3 nitrogen and oxygen atoms in total. The van der Waals surface area contributed by atoms with Crippen molar-refractivity contribution in [2.75, 3.05) is 51.2 Å². The van der Waals surface area contributed by atoms with Crippen LogP contribution < -0.4 is 4.90 Å². The smallest absolute Gasteiger partial charge is 0.0412 e. The maximum Gasteiger partial charge on any atom is 0.0412 e. The predicted molar refractivity (Wildman–Crippen MR) is 101 cm³/mol. The fourth-order valence-electron chi connectivity index (χ4n) is 3.27. The van der Waals surface area contributed by atoms with Gasteiger partial charge in [-0.1, -0.05) is 44.9 Å². The Morgan fingerprint density at radius 2 is 1.52 bits per heavy atom. The van der Waals surface area contributed by atoms with Gasteiger partial charge in [-0.3, -0.25) is 4.90 Å². The first-order valence-electron chi connectivity index (χ1n) is 9.48. The van der Waals surface area contributed by atoms with Gasteiger partial charge in [0.15, 0.2) is 0 Å². The van der Waals surface area contributed by atoms with E-state index in [2.05, 4.69) is 59.9 Å². The van der Waals surface area contributed by atoms with Crippen LogP contribution in [0.15, 0.2) is 24.3 Å². The summed E-state index contributed by atoms with van der Waals surface area (Å²) in [6.07, 6.45) is 5.17. The molecule has 0 unspecified atom stereocenters. The van der Waals surface area contributed by atoms with Gasteiger partial charge >= 0.3 is 0 Å². The average molecular weight is 318 g/mol. The van der Waals surface area contributed by atoms with E-state index in [1.165, 1.54) is 63.1 Å². The van der Waals surface area contributed by atoms with E-state index in [0.717, 1.165) is 19.6 Å². The van der Waals surface area contributed by atoms with Gasteiger partial charge < -0.3 is 9.80 Å². The summed E-state index contributed by atoms with van der Waals surface area (Å²) >= 11 is 0. The molecule has 1 fully saturated rings. The summed E-state index contributed by atoms with van der Waals surface area (Å²) in [4.78, 5) is 7.66. The maximum atomic E-state index is 2.65. The third kappa shape index (κ3) is 5.82. The zero-order valence-corrected chi connectivity index (χ0v) is 15.4. The fraction of sp³-hybridized carbons (Fsp3) is 0.700. The second-order valence-electron chi connectivity index (χ2n) is 6.90. The van der Waals surface area contributed by atoms with E-state index in [1.807, 2.05) is 0 Å². The van der Waals surface area contributed by atoms with Crippen LogP contribution in [0, 0.1) is 0 Å². The minimum atomic E-state index is 1.10. The van der Waals surface area contributed by atoms with E-state index >= 15 is 0 Å². The molecule has 23 heavy (non-hydrogen) atoms. The molecule has 1 aliphatic heterocycles. The van der Waals surface area contributed by atoms with Gasteiger partial charge in [0.05, 0.1) is 0 Å². The van der Waals surface area contributed by atoms with Crippen molar-refractivity contribution in [1.29, 1.82) is 0 Å². The highest BCUT2D eigenvalue weighted by atomic mass is 15.2. The number of benzene rings is 1. The number of piperazine rings is 1. The molecule has 1 heterocycles. The quantitative estimate of drug-likeness (QED) is 0.685. The summed E-state index contributed by atoms with van der Waals surface area (Å²) in [6, 6.07) is 9.04. The van der Waals surface area contributed by atoms with Crippen LogP contribution in [0.3, 0.4) is 0 Å². The lowest BCUT2D eigenvalue weighted by Gasteiger charge is -2.36. The number of likely N-dealkylation sites (N-methyl/N-ethyl adjacent to an activating group) is 1. The van der Waals surface area contributed by atoms with E-state index in [1.54, 1.807) is 0 Å². The molecule has 1 saturated heterocycles. The lowest BCUT2D eigenvalue weighted by atomic mass is 10.1. The van der Waals surface area contributed by atoms with Crippen molar-refractivity contribution < 1.29 is 0 Å². The largest absolute Gasteiger partial charge is 0.369 e. The molecule has 130 valence electrons. The van der Waals surface area contributed by atoms with E-state index in [0.29, 0.717) is 0 Å². The second-order valence-corrected chi connectivity index (χ2v) is 6.90. The Morgan fingerprint density at radius 1 is 0.913 bits per heavy atom. The SMILES string of the molecule is CCCCN(CCCC)Cc1ccccc1N1CCN(C)CC1. The zero-order chi connectivity index (χ0) is 16.5. The molecule has 0 saturated carbocycles. The lowest BCUT2D eigenvalue weighted by Crippen LogP contribution is -2.45. The van der Waals surface area contributed by atoms with E-state index in [9.17, 15) is 0 Å². The van der Waals surface area contributed by atoms with E-state index < -0.39 is 0 Å². The number of hydrogen-bond acceptors (Lipinski definition) is 3. The van der Waals surface area contributed by atoms with E-state index in [-0.39, 0.29) is 0 Å². The van der Waals surface area contributed by atoms with Gasteiger partial charge in [-0.15, -0.1) is 0 Å². The van der Waals surface area contributed by atoms with Crippen LogP contribution in [-0.2, 0) is 6.54 Å². The van der Waals surface area contributed by atoms with Crippen LogP contribution in [0.25, 0.3) is 0 Å². The molecule has 0 aromatic heterocycles. The Bertz CT molecular complexity index is 430. The molecule has 0 amide bonds. The Labute approximate surface area is 143 Å². The van der Waals surface area contributed by atoms with Crippen LogP contribution in [0.1, 0.15) is 45.1 Å². The molecule has 0 spiro atoms.